The van der Waals surface area contributed by atoms with Gasteiger partial charge in [-0.15, -0.1) is 0 Å². The minimum Gasteiger partial charge on any atom is -0.507 e. The highest BCUT2D eigenvalue weighted by Gasteiger charge is 2.47. The second-order valence-electron chi connectivity index (χ2n) is 7.60. The highest BCUT2D eigenvalue weighted by atomic mass is 35.5. The summed E-state index contributed by atoms with van der Waals surface area (Å²) >= 11 is 6.20. The van der Waals surface area contributed by atoms with Gasteiger partial charge in [0.2, 0.25) is 0 Å². The number of Topliss-reactive ketones (excluding diaryl/α,β-unsaturated/α-hetero) is 1. The second-order valence-corrected chi connectivity index (χ2v) is 8.04. The number of ketones is 1. The Morgan fingerprint density at radius 1 is 1.06 bits per heavy atom. The number of benzene rings is 2. The molecule has 0 spiro atoms. The number of rotatable bonds is 5. The summed E-state index contributed by atoms with van der Waals surface area (Å²) in [5.41, 5.74) is 0.955. The first-order chi connectivity index (χ1) is 15.4. The van der Waals surface area contributed by atoms with E-state index in [-0.39, 0.29) is 17.4 Å². The molecule has 1 amide bonds. The first-order valence-electron chi connectivity index (χ1n) is 10.1. The van der Waals surface area contributed by atoms with Gasteiger partial charge < -0.3 is 9.84 Å². The lowest BCUT2D eigenvalue weighted by atomic mass is 9.95. The van der Waals surface area contributed by atoms with Crippen LogP contribution in [0, 0.1) is 0 Å². The number of amides is 1. The van der Waals surface area contributed by atoms with Crippen LogP contribution in [0.1, 0.15) is 31.0 Å². The van der Waals surface area contributed by atoms with Crippen molar-refractivity contribution in [2.45, 2.75) is 26.0 Å². The Morgan fingerprint density at radius 3 is 2.44 bits per heavy atom. The Hall–Kier alpha value is -3.64. The number of aromatic nitrogens is 1. The van der Waals surface area contributed by atoms with Gasteiger partial charge in [0.1, 0.15) is 17.3 Å². The molecule has 32 heavy (non-hydrogen) atoms. The number of carbonyl (C=O) groups is 2. The Balaban J connectivity index is 1.86. The predicted molar refractivity (Wildman–Crippen MR) is 123 cm³/mol. The molecule has 4 rings (SSSR count). The summed E-state index contributed by atoms with van der Waals surface area (Å²) < 4.78 is 5.64. The number of pyridine rings is 1. The molecule has 0 unspecified atom stereocenters. The maximum absolute atomic E-state index is 13.1. The molecule has 162 valence electrons. The zero-order chi connectivity index (χ0) is 22.8. The van der Waals surface area contributed by atoms with Crippen LogP contribution in [0.25, 0.3) is 5.76 Å². The second kappa shape index (κ2) is 8.85. The molecule has 6 nitrogen and oxygen atoms in total. The Labute approximate surface area is 190 Å². The molecule has 0 aliphatic carbocycles. The van der Waals surface area contributed by atoms with Gasteiger partial charge in [-0.05, 0) is 67.9 Å². The van der Waals surface area contributed by atoms with E-state index in [0.29, 0.717) is 27.7 Å². The van der Waals surface area contributed by atoms with Crippen LogP contribution in [-0.2, 0) is 9.59 Å². The van der Waals surface area contributed by atoms with Crippen molar-refractivity contribution in [3.05, 3.63) is 94.6 Å². The number of nitrogens with zero attached hydrogens (tertiary/aromatic N) is 2. The molecule has 2 heterocycles. The van der Waals surface area contributed by atoms with Gasteiger partial charge in [0.15, 0.2) is 0 Å². The van der Waals surface area contributed by atoms with Crippen LogP contribution in [0.2, 0.25) is 5.02 Å². The van der Waals surface area contributed by atoms with Crippen molar-refractivity contribution in [3.8, 4) is 5.75 Å². The standard InChI is InChI=1S/C25H21ClN2O4/c1-15(2)32-19-11-9-16(10-12-19)23(29)21-22(17-6-5-7-18(26)14-17)28(25(31)24(21)30)20-8-3-4-13-27-20/h3-15,22,29H,1-2H3/t22-/m0/s1. The Morgan fingerprint density at radius 2 is 1.81 bits per heavy atom. The average molecular weight is 449 g/mol. The van der Waals surface area contributed by atoms with E-state index >= 15 is 0 Å². The highest BCUT2D eigenvalue weighted by molar-refractivity contribution is 6.51. The van der Waals surface area contributed by atoms with Crippen LogP contribution < -0.4 is 9.64 Å². The molecule has 3 aromatic rings. The van der Waals surface area contributed by atoms with Crippen LogP contribution in [0.5, 0.6) is 5.75 Å². The quantitative estimate of drug-likeness (QED) is 0.332. The molecule has 1 aromatic heterocycles. The van der Waals surface area contributed by atoms with Gasteiger partial charge in [-0.1, -0.05) is 29.8 Å². The van der Waals surface area contributed by atoms with Gasteiger partial charge in [-0.3, -0.25) is 14.5 Å². The lowest BCUT2D eigenvalue weighted by Crippen LogP contribution is -2.30. The number of anilines is 1. The minimum absolute atomic E-state index is 0.000901. The largest absolute Gasteiger partial charge is 0.507 e. The molecule has 0 saturated carbocycles. The molecule has 2 aromatic carbocycles. The van der Waals surface area contributed by atoms with E-state index in [1.54, 1.807) is 66.7 Å². The number of hydrogen-bond donors (Lipinski definition) is 1. The SMILES string of the molecule is CC(C)Oc1ccc(C(O)=C2C(=O)C(=O)N(c3ccccn3)[C@H]2c2cccc(Cl)c2)cc1. The molecule has 0 bridgehead atoms. The fraction of sp³-hybridized carbons (Fsp3) is 0.160. The molecular formula is C25H21ClN2O4. The molecular weight excluding hydrogens is 428 g/mol. The van der Waals surface area contributed by atoms with E-state index in [0.717, 1.165) is 0 Å². The van der Waals surface area contributed by atoms with E-state index in [4.69, 9.17) is 16.3 Å². The van der Waals surface area contributed by atoms with Gasteiger partial charge in [0.05, 0.1) is 17.7 Å². The molecule has 1 N–H and O–H groups in total. The fourth-order valence-electron chi connectivity index (χ4n) is 3.68. The first kappa shape index (κ1) is 21.6. The third-order valence-electron chi connectivity index (χ3n) is 5.00. The molecule has 0 radical (unpaired) electrons. The molecule has 1 aliphatic heterocycles. The summed E-state index contributed by atoms with van der Waals surface area (Å²) in [5, 5.41) is 11.6. The molecule has 1 saturated heterocycles. The predicted octanol–water partition coefficient (Wildman–Crippen LogP) is 5.15. The lowest BCUT2D eigenvalue weighted by Gasteiger charge is -2.24. The first-order valence-corrected chi connectivity index (χ1v) is 10.5. The lowest BCUT2D eigenvalue weighted by molar-refractivity contribution is -0.132. The Kier molecular flexibility index (Phi) is 5.97. The zero-order valence-electron chi connectivity index (χ0n) is 17.5. The number of hydrogen-bond acceptors (Lipinski definition) is 5. The minimum atomic E-state index is -0.879. The van der Waals surface area contributed by atoms with Crippen molar-refractivity contribution in [2.75, 3.05) is 4.90 Å². The van der Waals surface area contributed by atoms with Crippen LogP contribution in [0.4, 0.5) is 5.82 Å². The summed E-state index contributed by atoms with van der Waals surface area (Å²) in [6.07, 6.45) is 1.54. The van der Waals surface area contributed by atoms with Gasteiger partial charge >= 0.3 is 5.91 Å². The monoisotopic (exact) mass is 448 g/mol. The zero-order valence-corrected chi connectivity index (χ0v) is 18.3. The summed E-state index contributed by atoms with van der Waals surface area (Å²) in [6.45, 7) is 3.83. The number of aliphatic hydroxyl groups is 1. The fourth-order valence-corrected chi connectivity index (χ4v) is 3.87. The highest BCUT2D eigenvalue weighted by Crippen LogP contribution is 2.42. The van der Waals surface area contributed by atoms with E-state index < -0.39 is 17.7 Å². The van der Waals surface area contributed by atoms with Crippen molar-refractivity contribution in [2.24, 2.45) is 0 Å². The molecule has 1 fully saturated rings. The summed E-state index contributed by atoms with van der Waals surface area (Å²) in [4.78, 5) is 31.7. The maximum Gasteiger partial charge on any atom is 0.301 e. The van der Waals surface area contributed by atoms with Crippen molar-refractivity contribution in [1.82, 2.24) is 4.98 Å². The summed E-state index contributed by atoms with van der Waals surface area (Å²) in [6, 6.07) is 17.8. The van der Waals surface area contributed by atoms with Crippen LogP contribution in [0.3, 0.4) is 0 Å². The van der Waals surface area contributed by atoms with Crippen molar-refractivity contribution < 1.29 is 19.4 Å². The van der Waals surface area contributed by atoms with Gasteiger partial charge in [0, 0.05) is 16.8 Å². The van der Waals surface area contributed by atoms with E-state index in [9.17, 15) is 14.7 Å². The number of aliphatic hydroxyl groups excluding tert-OH is 1. The van der Waals surface area contributed by atoms with E-state index in [1.807, 2.05) is 13.8 Å². The smallest absolute Gasteiger partial charge is 0.301 e. The summed E-state index contributed by atoms with van der Waals surface area (Å²) in [7, 11) is 0. The van der Waals surface area contributed by atoms with Crippen LogP contribution in [-0.4, -0.2) is 27.9 Å². The number of carbonyl (C=O) groups excluding carboxylic acids is 2. The van der Waals surface area contributed by atoms with Gasteiger partial charge in [-0.25, -0.2) is 4.98 Å². The Bertz CT molecular complexity index is 1190. The topological polar surface area (TPSA) is 79.7 Å². The van der Waals surface area contributed by atoms with Gasteiger partial charge in [0.25, 0.3) is 5.78 Å². The molecule has 1 atom stereocenters. The molecule has 1 aliphatic rings. The average Bonchev–Trinajstić information content (AvgIpc) is 3.05. The van der Waals surface area contributed by atoms with Crippen molar-refractivity contribution in [1.29, 1.82) is 0 Å². The third-order valence-corrected chi connectivity index (χ3v) is 5.24. The van der Waals surface area contributed by atoms with Crippen molar-refractivity contribution in [3.63, 3.8) is 0 Å². The summed E-state index contributed by atoms with van der Waals surface area (Å²) in [5.74, 6) is -0.894. The molecule has 7 heteroatoms. The van der Waals surface area contributed by atoms with E-state index in [1.165, 1.54) is 11.1 Å². The van der Waals surface area contributed by atoms with Gasteiger partial charge in [-0.2, -0.15) is 0 Å². The third kappa shape index (κ3) is 4.09. The van der Waals surface area contributed by atoms with Crippen molar-refractivity contribution >= 4 is 34.9 Å². The van der Waals surface area contributed by atoms with Crippen LogP contribution >= 0.6 is 11.6 Å². The van der Waals surface area contributed by atoms with Crippen LogP contribution in [0.15, 0.2) is 78.5 Å². The number of ether oxygens (including phenoxy) is 1. The maximum atomic E-state index is 13.1. The normalized spacial score (nSPS) is 17.8. The van der Waals surface area contributed by atoms with E-state index in [2.05, 4.69) is 4.98 Å². The number of halogens is 1.